The molecule has 0 saturated heterocycles. The molecule has 2 rings (SSSR count). The number of rotatable bonds is 8. The molecule has 27 heavy (non-hydrogen) atoms. The molecule has 0 spiro atoms. The van der Waals surface area contributed by atoms with Gasteiger partial charge in [0.1, 0.15) is 0 Å². The monoisotopic (exact) mass is 388 g/mol. The maximum absolute atomic E-state index is 12.8. The maximum Gasteiger partial charge on any atom is 0.251 e. The summed E-state index contributed by atoms with van der Waals surface area (Å²) in [6, 6.07) is 12.9. The molecule has 2 aromatic carbocycles. The number of aryl methyl sites for hydroxylation is 2. The molecule has 6 heteroatoms. The number of carbonyl (C=O) groups is 1. The van der Waals surface area contributed by atoms with E-state index in [0.717, 1.165) is 6.42 Å². The lowest BCUT2D eigenvalue weighted by molar-refractivity contribution is 0.0954. The smallest absolute Gasteiger partial charge is 0.251 e. The van der Waals surface area contributed by atoms with Crippen molar-refractivity contribution < 1.29 is 13.2 Å². The predicted molar refractivity (Wildman–Crippen MR) is 109 cm³/mol. The number of hydrogen-bond donors (Lipinski definition) is 1. The number of nitrogens with one attached hydrogen (secondary N) is 1. The van der Waals surface area contributed by atoms with Crippen LogP contribution in [0.4, 0.5) is 0 Å². The molecule has 0 aromatic heterocycles. The lowest BCUT2D eigenvalue weighted by Gasteiger charge is -2.20. The molecule has 0 radical (unpaired) electrons. The van der Waals surface area contributed by atoms with E-state index in [9.17, 15) is 13.2 Å². The second kappa shape index (κ2) is 9.15. The van der Waals surface area contributed by atoms with Crippen LogP contribution < -0.4 is 5.32 Å². The van der Waals surface area contributed by atoms with Crippen LogP contribution in [0.2, 0.25) is 0 Å². The normalized spacial score (nSPS) is 11.6. The lowest BCUT2D eigenvalue weighted by atomic mass is 10.1. The molecule has 0 fully saturated rings. The fourth-order valence-corrected chi connectivity index (χ4v) is 4.73. The number of benzene rings is 2. The van der Waals surface area contributed by atoms with Crippen molar-refractivity contribution in [2.45, 2.75) is 39.0 Å². The SMILES string of the molecule is CCN(CC)S(=O)(=O)c1cc(C(=O)NCCc2ccccc2C)ccc1C. The molecule has 0 atom stereocenters. The summed E-state index contributed by atoms with van der Waals surface area (Å²) in [5.74, 6) is -0.264. The molecule has 0 heterocycles. The molecule has 0 unspecified atom stereocenters. The summed E-state index contributed by atoms with van der Waals surface area (Å²) in [7, 11) is -3.60. The van der Waals surface area contributed by atoms with Gasteiger partial charge in [0.05, 0.1) is 4.90 Å². The highest BCUT2D eigenvalue weighted by atomic mass is 32.2. The summed E-state index contributed by atoms with van der Waals surface area (Å²) in [6.07, 6.45) is 0.731. The summed E-state index contributed by atoms with van der Waals surface area (Å²) in [5.41, 5.74) is 3.37. The van der Waals surface area contributed by atoms with E-state index in [1.165, 1.54) is 21.5 Å². The van der Waals surface area contributed by atoms with Gasteiger partial charge in [-0.1, -0.05) is 44.2 Å². The van der Waals surface area contributed by atoms with E-state index in [-0.39, 0.29) is 10.8 Å². The van der Waals surface area contributed by atoms with Gasteiger partial charge < -0.3 is 5.32 Å². The van der Waals surface area contributed by atoms with E-state index in [1.807, 2.05) is 31.2 Å². The van der Waals surface area contributed by atoms with Crippen molar-refractivity contribution >= 4 is 15.9 Å². The first kappa shape index (κ1) is 21.1. The minimum atomic E-state index is -3.60. The Balaban J connectivity index is 2.15. The largest absolute Gasteiger partial charge is 0.352 e. The molecule has 0 aliphatic carbocycles. The van der Waals surface area contributed by atoms with Gasteiger partial charge in [-0.3, -0.25) is 4.79 Å². The van der Waals surface area contributed by atoms with E-state index >= 15 is 0 Å². The van der Waals surface area contributed by atoms with Crippen LogP contribution in [0.3, 0.4) is 0 Å². The van der Waals surface area contributed by atoms with E-state index in [0.29, 0.717) is 30.8 Å². The minimum Gasteiger partial charge on any atom is -0.352 e. The number of amides is 1. The first-order valence-electron chi connectivity index (χ1n) is 9.24. The van der Waals surface area contributed by atoms with Crippen LogP contribution in [-0.4, -0.2) is 38.3 Å². The van der Waals surface area contributed by atoms with Crippen molar-refractivity contribution in [3.63, 3.8) is 0 Å². The van der Waals surface area contributed by atoms with Gasteiger partial charge in [0.25, 0.3) is 5.91 Å². The molecule has 0 saturated carbocycles. The summed E-state index contributed by atoms with van der Waals surface area (Å²) < 4.78 is 27.0. The second-order valence-electron chi connectivity index (χ2n) is 6.50. The van der Waals surface area contributed by atoms with Crippen molar-refractivity contribution in [1.82, 2.24) is 9.62 Å². The van der Waals surface area contributed by atoms with E-state index in [1.54, 1.807) is 32.9 Å². The van der Waals surface area contributed by atoms with Crippen molar-refractivity contribution in [3.8, 4) is 0 Å². The van der Waals surface area contributed by atoms with Gasteiger partial charge in [-0.15, -0.1) is 0 Å². The van der Waals surface area contributed by atoms with Crippen LogP contribution in [0.1, 0.15) is 40.9 Å². The Labute approximate surface area is 162 Å². The van der Waals surface area contributed by atoms with Crippen molar-refractivity contribution in [2.75, 3.05) is 19.6 Å². The van der Waals surface area contributed by atoms with E-state index < -0.39 is 10.0 Å². The van der Waals surface area contributed by atoms with Crippen molar-refractivity contribution in [2.24, 2.45) is 0 Å². The third kappa shape index (κ3) is 4.96. The van der Waals surface area contributed by atoms with Crippen LogP contribution in [0.25, 0.3) is 0 Å². The average Bonchev–Trinajstić information content (AvgIpc) is 2.64. The third-order valence-corrected chi connectivity index (χ3v) is 6.91. The zero-order valence-electron chi connectivity index (χ0n) is 16.5. The Morgan fingerprint density at radius 1 is 1.00 bits per heavy atom. The van der Waals surface area contributed by atoms with Crippen LogP contribution in [-0.2, 0) is 16.4 Å². The molecule has 1 N–H and O–H groups in total. The van der Waals surface area contributed by atoms with Crippen LogP contribution in [0, 0.1) is 13.8 Å². The fraction of sp³-hybridized carbons (Fsp3) is 0.381. The molecule has 2 aromatic rings. The minimum absolute atomic E-state index is 0.192. The zero-order valence-corrected chi connectivity index (χ0v) is 17.3. The number of sulfonamides is 1. The Morgan fingerprint density at radius 2 is 1.67 bits per heavy atom. The molecule has 0 bridgehead atoms. The molecular weight excluding hydrogens is 360 g/mol. The van der Waals surface area contributed by atoms with Crippen LogP contribution in [0.5, 0.6) is 0 Å². The molecule has 0 aliphatic rings. The first-order chi connectivity index (χ1) is 12.8. The second-order valence-corrected chi connectivity index (χ2v) is 8.41. The molecule has 0 aliphatic heterocycles. The van der Waals surface area contributed by atoms with Gasteiger partial charge >= 0.3 is 0 Å². The quantitative estimate of drug-likeness (QED) is 0.754. The zero-order chi connectivity index (χ0) is 20.0. The standard InChI is InChI=1S/C21H28N2O3S/c1-5-23(6-2)27(25,26)20-15-19(12-11-17(20)4)21(24)22-14-13-18-10-8-7-9-16(18)3/h7-12,15H,5-6,13-14H2,1-4H3,(H,22,24). The summed E-state index contributed by atoms with van der Waals surface area (Å²) in [5, 5.41) is 2.88. The Hall–Kier alpha value is -2.18. The van der Waals surface area contributed by atoms with Gasteiger partial charge in [-0.25, -0.2) is 8.42 Å². The predicted octanol–water partition coefficient (Wildman–Crippen LogP) is 3.31. The fourth-order valence-electron chi connectivity index (χ4n) is 3.03. The van der Waals surface area contributed by atoms with Crippen LogP contribution in [0.15, 0.2) is 47.4 Å². The van der Waals surface area contributed by atoms with Crippen molar-refractivity contribution in [1.29, 1.82) is 0 Å². The molecule has 5 nitrogen and oxygen atoms in total. The highest BCUT2D eigenvalue weighted by Crippen LogP contribution is 2.21. The van der Waals surface area contributed by atoms with Gasteiger partial charge in [0, 0.05) is 25.2 Å². The maximum atomic E-state index is 12.8. The van der Waals surface area contributed by atoms with E-state index in [4.69, 9.17) is 0 Å². The topological polar surface area (TPSA) is 66.5 Å². The Morgan fingerprint density at radius 3 is 2.30 bits per heavy atom. The van der Waals surface area contributed by atoms with Crippen molar-refractivity contribution in [3.05, 3.63) is 64.7 Å². The number of carbonyl (C=O) groups excluding carboxylic acids is 1. The van der Waals surface area contributed by atoms with Gasteiger partial charge in [-0.05, 0) is 49.1 Å². The Kier molecular flexibility index (Phi) is 7.16. The lowest BCUT2D eigenvalue weighted by Crippen LogP contribution is -2.31. The first-order valence-corrected chi connectivity index (χ1v) is 10.7. The van der Waals surface area contributed by atoms with Gasteiger partial charge in [0.15, 0.2) is 0 Å². The summed E-state index contributed by atoms with van der Waals surface area (Å²) in [6.45, 7) is 8.68. The Bertz CT molecular complexity index is 903. The van der Waals surface area contributed by atoms with Crippen LogP contribution >= 0.6 is 0 Å². The highest BCUT2D eigenvalue weighted by molar-refractivity contribution is 7.89. The number of hydrogen-bond acceptors (Lipinski definition) is 3. The van der Waals surface area contributed by atoms with Gasteiger partial charge in [0.2, 0.25) is 10.0 Å². The number of nitrogens with zero attached hydrogens (tertiary/aromatic N) is 1. The summed E-state index contributed by atoms with van der Waals surface area (Å²) in [4.78, 5) is 12.7. The van der Waals surface area contributed by atoms with Gasteiger partial charge in [-0.2, -0.15) is 4.31 Å². The third-order valence-electron chi connectivity index (χ3n) is 4.71. The highest BCUT2D eigenvalue weighted by Gasteiger charge is 2.24. The summed E-state index contributed by atoms with van der Waals surface area (Å²) >= 11 is 0. The molecular formula is C21H28N2O3S. The average molecular weight is 389 g/mol. The molecule has 146 valence electrons. The molecule has 1 amide bonds. The van der Waals surface area contributed by atoms with E-state index in [2.05, 4.69) is 5.32 Å².